The highest BCUT2D eigenvalue weighted by Gasteiger charge is 2.30. The molecule has 3 rings (SSSR count). The molecule has 0 aliphatic carbocycles. The monoisotopic (exact) mass is 399 g/mol. The van der Waals surface area contributed by atoms with E-state index in [-0.39, 0.29) is 5.75 Å². The zero-order valence-electron chi connectivity index (χ0n) is 14.8. The minimum Gasteiger partial charge on any atom is -0.497 e. The first-order valence-electron chi connectivity index (χ1n) is 8.23. The van der Waals surface area contributed by atoms with Crippen LogP contribution in [0.5, 0.6) is 5.75 Å². The highest BCUT2D eigenvalue weighted by Crippen LogP contribution is 2.30. The lowest BCUT2D eigenvalue weighted by Crippen LogP contribution is -2.30. The summed E-state index contributed by atoms with van der Waals surface area (Å²) in [5.41, 5.74) is 0.550. The smallest absolute Gasteiger partial charge is 0.293 e. The third kappa shape index (κ3) is 4.16. The van der Waals surface area contributed by atoms with Gasteiger partial charge in [0.1, 0.15) is 5.75 Å². The van der Waals surface area contributed by atoms with E-state index in [2.05, 4.69) is 9.71 Å². The van der Waals surface area contributed by atoms with Crippen molar-refractivity contribution in [2.45, 2.75) is 10.9 Å². The largest absolute Gasteiger partial charge is 0.497 e. The van der Waals surface area contributed by atoms with Crippen molar-refractivity contribution in [1.29, 1.82) is 0 Å². The quantitative estimate of drug-likeness (QED) is 0.483. The molecule has 3 aromatic rings. The van der Waals surface area contributed by atoms with Gasteiger partial charge in [-0.1, -0.05) is 36.4 Å². The van der Waals surface area contributed by atoms with Crippen molar-refractivity contribution in [3.63, 3.8) is 0 Å². The van der Waals surface area contributed by atoms with Crippen LogP contribution in [-0.4, -0.2) is 25.4 Å². The van der Waals surface area contributed by atoms with E-state index in [1.54, 1.807) is 48.7 Å². The summed E-state index contributed by atoms with van der Waals surface area (Å²) in [5.74, 6) is 0.190. The van der Waals surface area contributed by atoms with E-state index in [1.165, 1.54) is 13.2 Å². The molecule has 0 amide bonds. The van der Waals surface area contributed by atoms with E-state index < -0.39 is 31.6 Å². The normalized spacial score (nSPS) is 12.3. The van der Waals surface area contributed by atoms with Crippen LogP contribution in [0.15, 0.2) is 77.8 Å². The van der Waals surface area contributed by atoms with E-state index in [9.17, 15) is 18.5 Å². The number of nitrogens with one attached hydrogen (secondary N) is 1. The summed E-state index contributed by atoms with van der Waals surface area (Å²) in [6.45, 7) is 0. The van der Waals surface area contributed by atoms with Crippen LogP contribution >= 0.6 is 0 Å². The number of hydrogen-bond acceptors (Lipinski definition) is 6. The molecule has 1 atom stereocenters. The molecule has 1 unspecified atom stereocenters. The van der Waals surface area contributed by atoms with E-state index in [1.807, 2.05) is 6.07 Å². The van der Waals surface area contributed by atoms with Gasteiger partial charge >= 0.3 is 0 Å². The summed E-state index contributed by atoms with van der Waals surface area (Å²) in [6.07, 6.45) is 1.55. The average molecular weight is 399 g/mol. The summed E-state index contributed by atoms with van der Waals surface area (Å²) in [5, 5.41) is 11.4. The van der Waals surface area contributed by atoms with Gasteiger partial charge in [-0.2, -0.15) is 4.72 Å². The molecule has 2 aromatic carbocycles. The molecule has 0 saturated carbocycles. The fourth-order valence-electron chi connectivity index (χ4n) is 2.70. The second-order valence-corrected chi connectivity index (χ2v) is 7.49. The van der Waals surface area contributed by atoms with Crippen molar-refractivity contribution < 1.29 is 18.1 Å². The summed E-state index contributed by atoms with van der Waals surface area (Å²) in [7, 11) is -2.90. The Balaban J connectivity index is 2.07. The third-order valence-electron chi connectivity index (χ3n) is 4.04. The molecule has 0 saturated heterocycles. The molecule has 0 radical (unpaired) electrons. The van der Waals surface area contributed by atoms with Gasteiger partial charge in [0.25, 0.3) is 5.69 Å². The van der Waals surface area contributed by atoms with Crippen LogP contribution in [-0.2, 0) is 10.0 Å². The number of ether oxygens (including phenoxy) is 1. The van der Waals surface area contributed by atoms with Crippen molar-refractivity contribution in [3.05, 3.63) is 94.3 Å². The van der Waals surface area contributed by atoms with Gasteiger partial charge in [0, 0.05) is 6.20 Å². The number of methoxy groups -OCH3 is 1. The van der Waals surface area contributed by atoms with Crippen LogP contribution in [0.2, 0.25) is 0 Å². The Morgan fingerprint density at radius 3 is 2.39 bits per heavy atom. The Morgan fingerprint density at radius 1 is 1.07 bits per heavy atom. The van der Waals surface area contributed by atoms with Crippen molar-refractivity contribution in [1.82, 2.24) is 9.71 Å². The Morgan fingerprint density at radius 2 is 1.79 bits per heavy atom. The Bertz CT molecular complexity index is 1030. The molecule has 9 heteroatoms. The van der Waals surface area contributed by atoms with Crippen molar-refractivity contribution in [2.75, 3.05) is 7.11 Å². The minimum absolute atomic E-state index is 0.190. The zero-order valence-corrected chi connectivity index (χ0v) is 15.7. The number of sulfonamides is 1. The highest BCUT2D eigenvalue weighted by atomic mass is 32.2. The molecule has 28 heavy (non-hydrogen) atoms. The molecule has 0 fully saturated rings. The molecule has 0 aliphatic rings. The number of pyridine rings is 1. The highest BCUT2D eigenvalue weighted by molar-refractivity contribution is 7.89. The van der Waals surface area contributed by atoms with Crippen LogP contribution < -0.4 is 9.46 Å². The number of nitro groups is 1. The fourth-order valence-corrected chi connectivity index (χ4v) is 4.05. The lowest BCUT2D eigenvalue weighted by atomic mass is 10.0. The first kappa shape index (κ1) is 19.5. The summed E-state index contributed by atoms with van der Waals surface area (Å²) < 4.78 is 33.6. The van der Waals surface area contributed by atoms with E-state index in [0.717, 1.165) is 12.1 Å². The number of aromatic nitrogens is 1. The molecular formula is C19H17N3O5S. The summed E-state index contributed by atoms with van der Waals surface area (Å²) in [6, 6.07) is 16.8. The second-order valence-electron chi connectivity index (χ2n) is 5.81. The molecule has 0 aliphatic heterocycles. The van der Waals surface area contributed by atoms with Crippen LogP contribution in [0.3, 0.4) is 0 Å². The van der Waals surface area contributed by atoms with Crippen molar-refractivity contribution in [2.24, 2.45) is 0 Å². The van der Waals surface area contributed by atoms with Crippen LogP contribution in [0.1, 0.15) is 17.3 Å². The van der Waals surface area contributed by atoms with Crippen LogP contribution in [0.4, 0.5) is 5.69 Å². The predicted octanol–water partition coefficient (Wildman–Crippen LogP) is 3.07. The average Bonchev–Trinajstić information content (AvgIpc) is 2.72. The molecule has 1 aromatic heterocycles. The molecule has 1 N–H and O–H groups in total. The summed E-state index contributed by atoms with van der Waals surface area (Å²) >= 11 is 0. The first-order valence-corrected chi connectivity index (χ1v) is 9.71. The van der Waals surface area contributed by atoms with Gasteiger partial charge in [-0.05, 0) is 29.8 Å². The van der Waals surface area contributed by atoms with Crippen molar-refractivity contribution in [3.8, 4) is 5.75 Å². The predicted molar refractivity (Wildman–Crippen MR) is 102 cm³/mol. The van der Waals surface area contributed by atoms with Gasteiger partial charge in [-0.15, -0.1) is 0 Å². The molecule has 0 bridgehead atoms. The molecule has 1 heterocycles. The molecular weight excluding hydrogens is 382 g/mol. The topological polar surface area (TPSA) is 111 Å². The molecule has 144 valence electrons. The van der Waals surface area contributed by atoms with E-state index in [4.69, 9.17) is 4.74 Å². The third-order valence-corrected chi connectivity index (χ3v) is 5.51. The maximum Gasteiger partial charge on any atom is 0.293 e. The number of benzene rings is 2. The maximum atomic E-state index is 13.0. The standard InChI is InChI=1S/C19H17N3O5S/c1-27-15-10-11-18(17(13-15)22(23)24)28(25,26)21-19(14-7-3-2-4-8-14)16-9-5-6-12-20-16/h2-13,19,21H,1H3. The minimum atomic E-state index is -4.24. The van der Waals surface area contributed by atoms with Gasteiger partial charge in [0.05, 0.1) is 29.8 Å². The van der Waals surface area contributed by atoms with Gasteiger partial charge in [0.2, 0.25) is 10.0 Å². The molecule has 8 nitrogen and oxygen atoms in total. The fraction of sp³-hybridized carbons (Fsp3) is 0.105. The zero-order chi connectivity index (χ0) is 20.1. The van der Waals surface area contributed by atoms with Crippen LogP contribution in [0.25, 0.3) is 0 Å². The lowest BCUT2D eigenvalue weighted by Gasteiger charge is -2.19. The van der Waals surface area contributed by atoms with E-state index >= 15 is 0 Å². The Kier molecular flexibility index (Phi) is 5.67. The Labute approximate surface area is 162 Å². The lowest BCUT2D eigenvalue weighted by molar-refractivity contribution is -0.387. The number of nitrogens with zero attached hydrogens (tertiary/aromatic N) is 2. The number of nitro benzene ring substituents is 1. The number of hydrogen-bond donors (Lipinski definition) is 1. The van der Waals surface area contributed by atoms with Gasteiger partial charge < -0.3 is 4.74 Å². The van der Waals surface area contributed by atoms with Gasteiger partial charge in [-0.25, -0.2) is 8.42 Å². The molecule has 0 spiro atoms. The Hall–Kier alpha value is -3.30. The maximum absolute atomic E-state index is 13.0. The van der Waals surface area contributed by atoms with Crippen LogP contribution in [0, 0.1) is 10.1 Å². The SMILES string of the molecule is COc1ccc(S(=O)(=O)NC(c2ccccc2)c2ccccn2)c([N+](=O)[O-])c1. The van der Waals surface area contributed by atoms with Gasteiger partial charge in [0.15, 0.2) is 4.90 Å². The number of rotatable bonds is 7. The van der Waals surface area contributed by atoms with Crippen molar-refractivity contribution >= 4 is 15.7 Å². The summed E-state index contributed by atoms with van der Waals surface area (Å²) in [4.78, 5) is 14.4. The second kappa shape index (κ2) is 8.15. The first-order chi connectivity index (χ1) is 13.4. The van der Waals surface area contributed by atoms with E-state index in [0.29, 0.717) is 11.3 Å². The van der Waals surface area contributed by atoms with Gasteiger partial charge in [-0.3, -0.25) is 15.1 Å².